The monoisotopic (exact) mass is 493 g/mol. The van der Waals surface area contributed by atoms with Crippen molar-refractivity contribution in [3.05, 3.63) is 64.8 Å². The predicted octanol–water partition coefficient (Wildman–Crippen LogP) is 4.38. The van der Waals surface area contributed by atoms with Gasteiger partial charge in [-0.2, -0.15) is 4.52 Å². The minimum Gasteiger partial charge on any atom is -0.497 e. The Morgan fingerprint density at radius 1 is 0.971 bits per heavy atom. The molecule has 3 heterocycles. The highest BCUT2D eigenvalue weighted by Crippen LogP contribution is 2.41. The molecule has 2 aromatic carbocycles. The standard InChI is InChI=1S/C26H31N5O3S/c1-4-22-27-26-31(28-22)25(32)24(35-26)23(18-6-10-21(11-7-18)34-5-2)30-16-14-29(15-17-30)19-8-12-20(33-3)13-9-19/h6-13,23,32H,4-5,14-17H2,1-3H3. The topological polar surface area (TPSA) is 75.4 Å². The fraction of sp³-hybridized carbons (Fsp3) is 0.385. The lowest BCUT2D eigenvalue weighted by Crippen LogP contribution is -2.47. The van der Waals surface area contributed by atoms with Crippen LogP contribution in [0.25, 0.3) is 4.96 Å². The van der Waals surface area contributed by atoms with Crippen LogP contribution in [0.3, 0.4) is 0 Å². The van der Waals surface area contributed by atoms with Gasteiger partial charge >= 0.3 is 0 Å². The largest absolute Gasteiger partial charge is 0.497 e. The highest BCUT2D eigenvalue weighted by molar-refractivity contribution is 7.17. The van der Waals surface area contributed by atoms with Crippen LogP contribution in [0, 0.1) is 0 Å². The molecule has 1 N–H and O–H groups in total. The van der Waals surface area contributed by atoms with Gasteiger partial charge in [-0.25, -0.2) is 4.98 Å². The summed E-state index contributed by atoms with van der Waals surface area (Å²) >= 11 is 1.51. The zero-order valence-corrected chi connectivity index (χ0v) is 21.2. The summed E-state index contributed by atoms with van der Waals surface area (Å²) in [6.07, 6.45) is 0.735. The molecule has 8 nitrogen and oxygen atoms in total. The van der Waals surface area contributed by atoms with Gasteiger partial charge < -0.3 is 19.5 Å². The van der Waals surface area contributed by atoms with Crippen molar-refractivity contribution in [2.75, 3.05) is 44.8 Å². The van der Waals surface area contributed by atoms with Crippen molar-refractivity contribution in [2.45, 2.75) is 26.3 Å². The van der Waals surface area contributed by atoms with E-state index in [1.165, 1.54) is 17.0 Å². The number of benzene rings is 2. The van der Waals surface area contributed by atoms with Crippen LogP contribution in [0.1, 0.15) is 36.2 Å². The van der Waals surface area contributed by atoms with Gasteiger partial charge in [0.1, 0.15) is 11.5 Å². The number of nitrogens with zero attached hydrogens (tertiary/aromatic N) is 5. The Morgan fingerprint density at radius 3 is 2.26 bits per heavy atom. The molecule has 4 aromatic rings. The number of anilines is 1. The van der Waals surface area contributed by atoms with Gasteiger partial charge in [0.2, 0.25) is 10.8 Å². The predicted molar refractivity (Wildman–Crippen MR) is 138 cm³/mol. The maximum absolute atomic E-state index is 11.2. The van der Waals surface area contributed by atoms with Crippen molar-refractivity contribution < 1.29 is 14.6 Å². The van der Waals surface area contributed by atoms with Gasteiger partial charge in [0.25, 0.3) is 0 Å². The molecule has 0 amide bonds. The lowest BCUT2D eigenvalue weighted by molar-refractivity contribution is 0.211. The Balaban J connectivity index is 1.43. The zero-order chi connectivity index (χ0) is 24.4. The Labute approximate surface area is 209 Å². The summed E-state index contributed by atoms with van der Waals surface area (Å²) in [5.41, 5.74) is 2.30. The van der Waals surface area contributed by atoms with Crippen LogP contribution in [0.2, 0.25) is 0 Å². The number of fused-ring (bicyclic) bond motifs is 1. The molecule has 5 rings (SSSR count). The van der Waals surface area contributed by atoms with Crippen LogP contribution in [0.4, 0.5) is 5.69 Å². The smallest absolute Gasteiger partial charge is 0.230 e. The molecule has 2 aromatic heterocycles. The van der Waals surface area contributed by atoms with Crippen molar-refractivity contribution in [3.63, 3.8) is 0 Å². The van der Waals surface area contributed by atoms with Crippen molar-refractivity contribution in [3.8, 4) is 17.4 Å². The molecule has 0 radical (unpaired) electrons. The van der Waals surface area contributed by atoms with Gasteiger partial charge in [0, 0.05) is 38.3 Å². The second-order valence-corrected chi connectivity index (χ2v) is 9.50. The number of thiazole rings is 1. The molecule has 0 saturated carbocycles. The second kappa shape index (κ2) is 10.1. The van der Waals surface area contributed by atoms with Gasteiger partial charge in [-0.3, -0.25) is 4.90 Å². The van der Waals surface area contributed by atoms with E-state index in [0.717, 1.165) is 65.3 Å². The van der Waals surface area contributed by atoms with Gasteiger partial charge in [-0.1, -0.05) is 30.4 Å². The molecule has 0 spiro atoms. The first-order valence-corrected chi connectivity index (χ1v) is 12.9. The summed E-state index contributed by atoms with van der Waals surface area (Å²) in [5.74, 6) is 2.62. The third-order valence-electron chi connectivity index (χ3n) is 6.43. The maximum Gasteiger partial charge on any atom is 0.230 e. The SMILES string of the molecule is CCOc1ccc(C(c2sc3nc(CC)nn3c2O)N2CCN(c3ccc(OC)cc3)CC2)cc1. The summed E-state index contributed by atoms with van der Waals surface area (Å²) in [4.78, 5) is 11.0. The molecular formula is C26H31N5O3S. The Morgan fingerprint density at radius 2 is 1.66 bits per heavy atom. The normalized spacial score (nSPS) is 15.5. The molecule has 0 bridgehead atoms. The number of methoxy groups -OCH3 is 1. The lowest BCUT2D eigenvalue weighted by atomic mass is 10.0. The third kappa shape index (κ3) is 4.66. The van der Waals surface area contributed by atoms with E-state index in [2.05, 4.69) is 44.1 Å². The first-order valence-electron chi connectivity index (χ1n) is 12.0. The van der Waals surface area contributed by atoms with E-state index in [1.54, 1.807) is 11.6 Å². The number of piperazine rings is 1. The second-order valence-electron chi connectivity index (χ2n) is 8.49. The molecule has 35 heavy (non-hydrogen) atoms. The number of aromatic nitrogens is 3. The van der Waals surface area contributed by atoms with Gasteiger partial charge in [-0.15, -0.1) is 5.10 Å². The highest BCUT2D eigenvalue weighted by Gasteiger charge is 2.32. The third-order valence-corrected chi connectivity index (χ3v) is 7.50. The van der Waals surface area contributed by atoms with E-state index in [9.17, 15) is 5.11 Å². The number of aromatic hydroxyl groups is 1. The molecule has 9 heteroatoms. The number of hydrogen-bond acceptors (Lipinski definition) is 8. The summed E-state index contributed by atoms with van der Waals surface area (Å²) in [6, 6.07) is 16.3. The lowest BCUT2D eigenvalue weighted by Gasteiger charge is -2.40. The number of aryl methyl sites for hydroxylation is 1. The highest BCUT2D eigenvalue weighted by atomic mass is 32.1. The minimum atomic E-state index is -0.0951. The molecule has 1 atom stereocenters. The fourth-order valence-corrected chi connectivity index (χ4v) is 5.73. The first kappa shape index (κ1) is 23.4. The van der Waals surface area contributed by atoms with Gasteiger partial charge in [-0.05, 0) is 48.9 Å². The van der Waals surface area contributed by atoms with E-state index in [0.29, 0.717) is 6.61 Å². The molecule has 1 aliphatic rings. The first-order chi connectivity index (χ1) is 17.1. The van der Waals surface area contributed by atoms with E-state index in [4.69, 9.17) is 9.47 Å². The van der Waals surface area contributed by atoms with Crippen molar-refractivity contribution >= 4 is 22.0 Å². The molecule has 184 valence electrons. The number of ether oxygens (including phenoxy) is 2. The molecule has 1 aliphatic heterocycles. The summed E-state index contributed by atoms with van der Waals surface area (Å²) in [7, 11) is 1.69. The Hall–Kier alpha value is -3.30. The van der Waals surface area contributed by atoms with E-state index in [1.807, 2.05) is 38.1 Å². The van der Waals surface area contributed by atoms with Gasteiger partial charge in [0.15, 0.2) is 5.82 Å². The molecule has 1 fully saturated rings. The molecule has 1 saturated heterocycles. The van der Waals surface area contributed by atoms with Crippen LogP contribution in [-0.4, -0.2) is 64.5 Å². The zero-order valence-electron chi connectivity index (χ0n) is 20.3. The van der Waals surface area contributed by atoms with E-state index >= 15 is 0 Å². The molecule has 1 unspecified atom stereocenters. The van der Waals surface area contributed by atoms with Crippen LogP contribution >= 0.6 is 11.3 Å². The summed E-state index contributed by atoms with van der Waals surface area (Å²) in [5, 5.41) is 15.7. The van der Waals surface area contributed by atoms with E-state index in [-0.39, 0.29) is 11.9 Å². The molecule has 0 aliphatic carbocycles. The Kier molecular flexibility index (Phi) is 6.79. The van der Waals surface area contributed by atoms with E-state index < -0.39 is 0 Å². The quantitative estimate of drug-likeness (QED) is 0.390. The number of hydrogen-bond donors (Lipinski definition) is 1. The summed E-state index contributed by atoms with van der Waals surface area (Å²) < 4.78 is 12.5. The fourth-order valence-electron chi connectivity index (χ4n) is 4.59. The Bertz CT molecular complexity index is 1260. The van der Waals surface area contributed by atoms with Crippen LogP contribution < -0.4 is 14.4 Å². The number of rotatable bonds is 8. The molecular weight excluding hydrogens is 462 g/mol. The van der Waals surface area contributed by atoms with Crippen LogP contribution in [0.5, 0.6) is 17.4 Å². The maximum atomic E-state index is 11.2. The van der Waals surface area contributed by atoms with Crippen LogP contribution in [-0.2, 0) is 6.42 Å². The summed E-state index contributed by atoms with van der Waals surface area (Å²) in [6.45, 7) is 8.13. The average molecular weight is 494 g/mol. The van der Waals surface area contributed by atoms with Crippen molar-refractivity contribution in [1.29, 1.82) is 0 Å². The van der Waals surface area contributed by atoms with Crippen molar-refractivity contribution in [2.24, 2.45) is 0 Å². The van der Waals surface area contributed by atoms with Crippen LogP contribution in [0.15, 0.2) is 48.5 Å². The minimum absolute atomic E-state index is 0.0951. The van der Waals surface area contributed by atoms with Crippen molar-refractivity contribution in [1.82, 2.24) is 19.5 Å². The van der Waals surface area contributed by atoms with Gasteiger partial charge in [0.05, 0.1) is 24.6 Å². The average Bonchev–Trinajstić information content (AvgIpc) is 3.45.